The Morgan fingerprint density at radius 2 is 2.05 bits per heavy atom. The van der Waals surface area contributed by atoms with Crippen molar-refractivity contribution in [3.8, 4) is 5.75 Å². The summed E-state index contributed by atoms with van der Waals surface area (Å²) in [5, 5.41) is 9.97. The van der Waals surface area contributed by atoms with E-state index >= 15 is 0 Å². The van der Waals surface area contributed by atoms with E-state index in [-0.39, 0.29) is 21.2 Å². The quantitative estimate of drug-likeness (QED) is 0.836. The van der Waals surface area contributed by atoms with Crippen LogP contribution in [-0.4, -0.2) is 26.1 Å². The number of aromatic carboxylic acids is 1. The van der Waals surface area contributed by atoms with Gasteiger partial charge >= 0.3 is 12.6 Å². The second kappa shape index (κ2) is 6.28. The molecule has 0 aliphatic carbocycles. The zero-order valence-electron chi connectivity index (χ0n) is 10.7. The van der Waals surface area contributed by atoms with Crippen molar-refractivity contribution in [3.63, 3.8) is 0 Å². The first-order chi connectivity index (χ1) is 10.3. The number of benzene rings is 1. The van der Waals surface area contributed by atoms with E-state index in [0.717, 1.165) is 23.5 Å². The van der Waals surface area contributed by atoms with Crippen LogP contribution >= 0.6 is 11.3 Å². The first-order valence-corrected chi connectivity index (χ1v) is 8.04. The van der Waals surface area contributed by atoms with Gasteiger partial charge in [-0.3, -0.25) is 4.72 Å². The molecular formula is C12H9F2NO5S2. The average Bonchev–Trinajstić information content (AvgIpc) is 2.88. The van der Waals surface area contributed by atoms with Crippen LogP contribution in [0.4, 0.5) is 14.5 Å². The number of ether oxygens (including phenoxy) is 1. The highest BCUT2D eigenvalue weighted by Crippen LogP contribution is 2.25. The van der Waals surface area contributed by atoms with Gasteiger partial charge in [-0.15, -0.1) is 11.3 Å². The predicted octanol–water partition coefficient (Wildman–Crippen LogP) is 2.85. The fourth-order valence-electron chi connectivity index (χ4n) is 1.51. The number of sulfonamides is 1. The number of halogens is 2. The van der Waals surface area contributed by atoms with Crippen LogP contribution in [0, 0.1) is 0 Å². The molecule has 0 bridgehead atoms. The standard InChI is InChI=1S/C12H9F2NO5S2/c13-12(14)20-9-3-1-2-8(5-9)15-22(18,19)10-4-7(6-21-10)11(16)17/h1-6,12,15H,(H,16,17). The van der Waals surface area contributed by atoms with Crippen molar-refractivity contribution in [3.05, 3.63) is 41.3 Å². The first kappa shape index (κ1) is 16.2. The lowest BCUT2D eigenvalue weighted by Gasteiger charge is -2.08. The van der Waals surface area contributed by atoms with Gasteiger partial charge in [0.1, 0.15) is 9.96 Å². The van der Waals surface area contributed by atoms with E-state index in [1.54, 1.807) is 0 Å². The number of carboxylic acids is 1. The summed E-state index contributed by atoms with van der Waals surface area (Å²) in [5.41, 5.74) is -0.136. The summed E-state index contributed by atoms with van der Waals surface area (Å²) >= 11 is 0.736. The number of hydrogen-bond acceptors (Lipinski definition) is 5. The molecule has 0 atom stereocenters. The molecule has 0 aliphatic rings. The lowest BCUT2D eigenvalue weighted by Crippen LogP contribution is -2.12. The van der Waals surface area contributed by atoms with Crippen molar-refractivity contribution in [1.82, 2.24) is 0 Å². The third-order valence-electron chi connectivity index (χ3n) is 2.40. The zero-order valence-corrected chi connectivity index (χ0v) is 12.3. The van der Waals surface area contributed by atoms with Crippen LogP contribution in [0.15, 0.2) is 39.9 Å². The zero-order chi connectivity index (χ0) is 16.3. The van der Waals surface area contributed by atoms with Gasteiger partial charge in [-0.25, -0.2) is 13.2 Å². The summed E-state index contributed by atoms with van der Waals surface area (Å²) < 4.78 is 54.5. The smallest absolute Gasteiger partial charge is 0.387 e. The fraction of sp³-hybridized carbons (Fsp3) is 0.0833. The van der Waals surface area contributed by atoms with Crippen molar-refractivity contribution >= 4 is 33.0 Å². The maximum absolute atomic E-state index is 12.1. The van der Waals surface area contributed by atoms with Crippen LogP contribution in [0.25, 0.3) is 0 Å². The van der Waals surface area contributed by atoms with Crippen molar-refractivity contribution in [2.75, 3.05) is 4.72 Å². The van der Waals surface area contributed by atoms with Crippen LogP contribution in [0.3, 0.4) is 0 Å². The summed E-state index contributed by atoms with van der Waals surface area (Å²) in [7, 11) is -4.01. The van der Waals surface area contributed by atoms with E-state index in [1.807, 2.05) is 0 Å². The Morgan fingerprint density at radius 3 is 2.64 bits per heavy atom. The molecule has 1 aromatic carbocycles. The molecule has 1 aromatic heterocycles. The van der Waals surface area contributed by atoms with Gasteiger partial charge < -0.3 is 9.84 Å². The van der Waals surface area contributed by atoms with Gasteiger partial charge in [0.2, 0.25) is 0 Å². The molecule has 2 N–H and O–H groups in total. The molecule has 2 aromatic rings. The number of carboxylic acid groups (broad SMARTS) is 1. The molecular weight excluding hydrogens is 340 g/mol. The van der Waals surface area contributed by atoms with Crippen molar-refractivity contribution in [2.45, 2.75) is 10.8 Å². The number of anilines is 1. The Bertz CT molecular complexity index is 788. The van der Waals surface area contributed by atoms with Crippen LogP contribution in [0.2, 0.25) is 0 Å². The number of rotatable bonds is 6. The Labute approximate surface area is 128 Å². The van der Waals surface area contributed by atoms with Crippen LogP contribution in [0.1, 0.15) is 10.4 Å². The lowest BCUT2D eigenvalue weighted by molar-refractivity contribution is -0.0498. The molecule has 0 amide bonds. The van der Waals surface area contributed by atoms with Gasteiger partial charge in [-0.05, 0) is 18.2 Å². The minimum Gasteiger partial charge on any atom is -0.478 e. The van der Waals surface area contributed by atoms with E-state index < -0.39 is 22.6 Å². The highest BCUT2D eigenvalue weighted by Gasteiger charge is 2.19. The Kier molecular flexibility index (Phi) is 4.62. The molecule has 118 valence electrons. The number of thiophene rings is 1. The van der Waals surface area contributed by atoms with E-state index in [2.05, 4.69) is 9.46 Å². The Morgan fingerprint density at radius 1 is 1.32 bits per heavy atom. The van der Waals surface area contributed by atoms with Crippen LogP contribution < -0.4 is 9.46 Å². The molecule has 0 fully saturated rings. The minimum absolute atomic E-state index is 0.0171. The van der Waals surface area contributed by atoms with Gasteiger partial charge in [0.15, 0.2) is 0 Å². The summed E-state index contributed by atoms with van der Waals surface area (Å²) in [6.07, 6.45) is 0. The molecule has 0 spiro atoms. The SMILES string of the molecule is O=C(O)c1csc(S(=O)(=O)Nc2cccc(OC(F)F)c2)c1. The van der Waals surface area contributed by atoms with Gasteiger partial charge in [-0.1, -0.05) is 6.07 Å². The van der Waals surface area contributed by atoms with Crippen molar-refractivity contribution in [1.29, 1.82) is 0 Å². The topological polar surface area (TPSA) is 92.7 Å². The summed E-state index contributed by atoms with van der Waals surface area (Å²) in [5.74, 6) is -1.45. The lowest BCUT2D eigenvalue weighted by atomic mass is 10.3. The Balaban J connectivity index is 2.22. The first-order valence-electron chi connectivity index (χ1n) is 5.67. The summed E-state index contributed by atoms with van der Waals surface area (Å²) in [4.78, 5) is 10.8. The van der Waals surface area contributed by atoms with Crippen molar-refractivity contribution < 1.29 is 31.8 Å². The van der Waals surface area contributed by atoms with E-state index in [0.29, 0.717) is 0 Å². The maximum atomic E-state index is 12.1. The molecule has 0 aliphatic heterocycles. The molecule has 0 saturated heterocycles. The summed E-state index contributed by atoms with van der Waals surface area (Å²) in [6.45, 7) is -3.03. The fourth-order valence-corrected chi connectivity index (χ4v) is 3.71. The normalized spacial score (nSPS) is 11.4. The number of hydrogen-bond donors (Lipinski definition) is 2. The van der Waals surface area contributed by atoms with Crippen LogP contribution in [0.5, 0.6) is 5.75 Å². The Hall–Kier alpha value is -2.20. The number of alkyl halides is 2. The monoisotopic (exact) mass is 349 g/mol. The third kappa shape index (κ3) is 3.92. The van der Waals surface area contributed by atoms with Crippen molar-refractivity contribution in [2.24, 2.45) is 0 Å². The third-order valence-corrected chi connectivity index (χ3v) is 5.22. The van der Waals surface area contributed by atoms with E-state index in [4.69, 9.17) is 5.11 Å². The molecule has 10 heteroatoms. The van der Waals surface area contributed by atoms with Gasteiger partial charge in [0.25, 0.3) is 10.0 Å². The van der Waals surface area contributed by atoms with E-state index in [1.165, 1.54) is 23.6 Å². The highest BCUT2D eigenvalue weighted by molar-refractivity contribution is 7.94. The molecule has 0 radical (unpaired) electrons. The predicted molar refractivity (Wildman–Crippen MR) is 75.2 cm³/mol. The largest absolute Gasteiger partial charge is 0.478 e. The molecule has 1 heterocycles. The molecule has 0 unspecified atom stereocenters. The molecule has 2 rings (SSSR count). The van der Waals surface area contributed by atoms with Gasteiger partial charge in [0, 0.05) is 11.4 Å². The number of nitrogens with one attached hydrogen (secondary N) is 1. The average molecular weight is 349 g/mol. The molecule has 6 nitrogen and oxygen atoms in total. The second-order valence-corrected chi connectivity index (χ2v) is 6.79. The highest BCUT2D eigenvalue weighted by atomic mass is 32.2. The van der Waals surface area contributed by atoms with E-state index in [9.17, 15) is 22.0 Å². The second-order valence-electron chi connectivity index (χ2n) is 3.97. The molecule has 0 saturated carbocycles. The minimum atomic E-state index is -4.01. The summed E-state index contributed by atoms with van der Waals surface area (Å²) in [6, 6.07) is 6.04. The maximum Gasteiger partial charge on any atom is 0.387 e. The van der Waals surface area contributed by atoms with Gasteiger partial charge in [-0.2, -0.15) is 8.78 Å². The number of carbonyl (C=O) groups is 1. The van der Waals surface area contributed by atoms with Gasteiger partial charge in [0.05, 0.1) is 11.3 Å². The van der Waals surface area contributed by atoms with Crippen LogP contribution in [-0.2, 0) is 10.0 Å². The molecule has 22 heavy (non-hydrogen) atoms.